The number of carbonyl (C=O) groups is 1. The molecular formula is C12H17N5OS. The van der Waals surface area contributed by atoms with Crippen LogP contribution in [0.1, 0.15) is 25.1 Å². The molecule has 6 nitrogen and oxygen atoms in total. The van der Waals surface area contributed by atoms with Crippen molar-refractivity contribution in [2.24, 2.45) is 0 Å². The van der Waals surface area contributed by atoms with E-state index in [1.165, 1.54) is 11.3 Å². The van der Waals surface area contributed by atoms with Crippen molar-refractivity contribution in [2.45, 2.75) is 26.9 Å². The molecule has 0 saturated heterocycles. The minimum Gasteiger partial charge on any atom is -0.307 e. The third kappa shape index (κ3) is 3.62. The van der Waals surface area contributed by atoms with Gasteiger partial charge in [-0.05, 0) is 6.92 Å². The summed E-state index contributed by atoms with van der Waals surface area (Å²) < 4.78 is 0. The molecule has 2 heterocycles. The standard InChI is InChI=1S/C12H17N5OS/c1-3-17(9(2)18)12-16-11(8-19-12)7-13-4-10-5-14-15-6-10/h5-6,8,13H,3-4,7H2,1-2H3,(H,14,15). The van der Waals surface area contributed by atoms with Crippen LogP contribution in [0.5, 0.6) is 0 Å². The van der Waals surface area contributed by atoms with Crippen LogP contribution in [-0.2, 0) is 17.9 Å². The van der Waals surface area contributed by atoms with Crippen LogP contribution in [0.25, 0.3) is 0 Å². The maximum Gasteiger partial charge on any atom is 0.225 e. The number of hydrogen-bond acceptors (Lipinski definition) is 5. The summed E-state index contributed by atoms with van der Waals surface area (Å²) in [7, 11) is 0. The van der Waals surface area contributed by atoms with Crippen LogP contribution in [-0.4, -0.2) is 27.6 Å². The van der Waals surface area contributed by atoms with E-state index in [0.29, 0.717) is 13.1 Å². The van der Waals surface area contributed by atoms with Gasteiger partial charge in [0, 0.05) is 43.7 Å². The fourth-order valence-corrected chi connectivity index (χ4v) is 2.64. The number of amides is 1. The first-order chi connectivity index (χ1) is 9.20. The van der Waals surface area contributed by atoms with E-state index in [4.69, 9.17) is 0 Å². The molecule has 0 aliphatic rings. The lowest BCUT2D eigenvalue weighted by molar-refractivity contribution is -0.116. The highest BCUT2D eigenvalue weighted by atomic mass is 32.1. The Morgan fingerprint density at radius 2 is 2.37 bits per heavy atom. The molecule has 19 heavy (non-hydrogen) atoms. The molecular weight excluding hydrogens is 262 g/mol. The van der Waals surface area contributed by atoms with Gasteiger partial charge in [0.05, 0.1) is 11.9 Å². The Labute approximate surface area is 115 Å². The summed E-state index contributed by atoms with van der Waals surface area (Å²) >= 11 is 1.49. The van der Waals surface area contributed by atoms with Crippen LogP contribution >= 0.6 is 11.3 Å². The zero-order valence-corrected chi connectivity index (χ0v) is 11.8. The second-order valence-electron chi connectivity index (χ2n) is 4.09. The van der Waals surface area contributed by atoms with Gasteiger partial charge < -0.3 is 5.32 Å². The monoisotopic (exact) mass is 279 g/mol. The lowest BCUT2D eigenvalue weighted by atomic mass is 10.3. The van der Waals surface area contributed by atoms with E-state index in [-0.39, 0.29) is 5.91 Å². The van der Waals surface area contributed by atoms with Crippen molar-refractivity contribution in [1.29, 1.82) is 0 Å². The van der Waals surface area contributed by atoms with E-state index in [1.54, 1.807) is 18.0 Å². The lowest BCUT2D eigenvalue weighted by Crippen LogP contribution is -2.27. The van der Waals surface area contributed by atoms with E-state index in [0.717, 1.165) is 22.9 Å². The van der Waals surface area contributed by atoms with Crippen molar-refractivity contribution >= 4 is 22.4 Å². The summed E-state index contributed by atoms with van der Waals surface area (Å²) in [4.78, 5) is 17.6. The second-order valence-corrected chi connectivity index (χ2v) is 4.93. The van der Waals surface area contributed by atoms with E-state index in [2.05, 4.69) is 20.5 Å². The van der Waals surface area contributed by atoms with Gasteiger partial charge in [-0.3, -0.25) is 14.8 Å². The molecule has 2 N–H and O–H groups in total. The van der Waals surface area contributed by atoms with Crippen molar-refractivity contribution in [3.05, 3.63) is 29.0 Å². The number of H-pyrrole nitrogens is 1. The predicted molar refractivity (Wildman–Crippen MR) is 74.9 cm³/mol. The molecule has 2 rings (SSSR count). The van der Waals surface area contributed by atoms with Crippen molar-refractivity contribution in [1.82, 2.24) is 20.5 Å². The Morgan fingerprint density at radius 1 is 1.53 bits per heavy atom. The maximum atomic E-state index is 11.4. The van der Waals surface area contributed by atoms with Crippen molar-refractivity contribution in [2.75, 3.05) is 11.4 Å². The topological polar surface area (TPSA) is 73.9 Å². The number of anilines is 1. The molecule has 0 unspecified atom stereocenters. The van der Waals surface area contributed by atoms with Gasteiger partial charge in [-0.1, -0.05) is 0 Å². The molecule has 0 aromatic carbocycles. The Morgan fingerprint density at radius 3 is 3.00 bits per heavy atom. The average Bonchev–Trinajstić information content (AvgIpc) is 3.02. The van der Waals surface area contributed by atoms with E-state index in [1.807, 2.05) is 18.5 Å². The molecule has 0 aliphatic heterocycles. The third-order valence-corrected chi connectivity index (χ3v) is 3.57. The molecule has 1 amide bonds. The third-order valence-electron chi connectivity index (χ3n) is 2.66. The molecule has 0 bridgehead atoms. The van der Waals surface area contributed by atoms with Crippen molar-refractivity contribution in [3.8, 4) is 0 Å². The Kier molecular flexibility index (Phi) is 4.64. The van der Waals surface area contributed by atoms with Gasteiger partial charge in [-0.15, -0.1) is 11.3 Å². The van der Waals surface area contributed by atoms with Crippen molar-refractivity contribution < 1.29 is 4.79 Å². The average molecular weight is 279 g/mol. The van der Waals surface area contributed by atoms with Crippen LogP contribution in [0.3, 0.4) is 0 Å². The fraction of sp³-hybridized carbons (Fsp3) is 0.417. The largest absolute Gasteiger partial charge is 0.307 e. The van der Waals surface area contributed by atoms with Gasteiger partial charge in [0.2, 0.25) is 5.91 Å². The van der Waals surface area contributed by atoms with Gasteiger partial charge in [0.15, 0.2) is 5.13 Å². The van der Waals surface area contributed by atoms with Crippen LogP contribution < -0.4 is 10.2 Å². The van der Waals surface area contributed by atoms with Crippen molar-refractivity contribution in [3.63, 3.8) is 0 Å². The maximum absolute atomic E-state index is 11.4. The smallest absolute Gasteiger partial charge is 0.225 e. The van der Waals surface area contributed by atoms with Crippen LogP contribution in [0, 0.1) is 0 Å². The van der Waals surface area contributed by atoms with Gasteiger partial charge in [0.1, 0.15) is 0 Å². The summed E-state index contributed by atoms with van der Waals surface area (Å²) in [6.07, 6.45) is 3.64. The SMILES string of the molecule is CCN(C(C)=O)c1nc(CNCc2cn[nH]c2)cs1. The zero-order valence-electron chi connectivity index (χ0n) is 11.0. The quantitative estimate of drug-likeness (QED) is 0.841. The number of aromatic amines is 1. The van der Waals surface area contributed by atoms with Gasteiger partial charge >= 0.3 is 0 Å². The number of hydrogen-bond donors (Lipinski definition) is 2. The van der Waals surface area contributed by atoms with Crippen LogP contribution in [0.2, 0.25) is 0 Å². The minimum atomic E-state index is 0.0229. The van der Waals surface area contributed by atoms with E-state index in [9.17, 15) is 4.79 Å². The van der Waals surface area contributed by atoms with Crippen LogP contribution in [0.4, 0.5) is 5.13 Å². The molecule has 2 aromatic heterocycles. The highest BCUT2D eigenvalue weighted by Gasteiger charge is 2.13. The summed E-state index contributed by atoms with van der Waals surface area (Å²) in [5.41, 5.74) is 2.05. The Balaban J connectivity index is 1.88. The lowest BCUT2D eigenvalue weighted by Gasteiger charge is -2.14. The summed E-state index contributed by atoms with van der Waals surface area (Å²) in [5.74, 6) is 0.0229. The van der Waals surface area contributed by atoms with Gasteiger partial charge in [-0.25, -0.2) is 4.98 Å². The Bertz CT molecular complexity index is 522. The number of rotatable bonds is 6. The summed E-state index contributed by atoms with van der Waals surface area (Å²) in [6.45, 7) is 5.57. The highest BCUT2D eigenvalue weighted by Crippen LogP contribution is 2.20. The normalized spacial score (nSPS) is 10.6. The first-order valence-corrected chi connectivity index (χ1v) is 6.99. The molecule has 0 radical (unpaired) electrons. The number of aromatic nitrogens is 3. The number of nitrogens with one attached hydrogen (secondary N) is 2. The molecule has 0 atom stereocenters. The molecule has 102 valence electrons. The van der Waals surface area contributed by atoms with Gasteiger partial charge in [-0.2, -0.15) is 5.10 Å². The van der Waals surface area contributed by atoms with E-state index >= 15 is 0 Å². The first kappa shape index (κ1) is 13.7. The molecule has 7 heteroatoms. The highest BCUT2D eigenvalue weighted by molar-refractivity contribution is 7.14. The molecule has 2 aromatic rings. The zero-order chi connectivity index (χ0) is 13.7. The van der Waals surface area contributed by atoms with Crippen LogP contribution in [0.15, 0.2) is 17.8 Å². The predicted octanol–water partition coefficient (Wildman–Crippen LogP) is 1.53. The molecule has 0 fully saturated rings. The fourth-order valence-electron chi connectivity index (χ4n) is 1.70. The van der Waals surface area contributed by atoms with Gasteiger partial charge in [0.25, 0.3) is 0 Å². The second kappa shape index (κ2) is 6.44. The summed E-state index contributed by atoms with van der Waals surface area (Å²) in [5, 5.41) is 12.7. The number of thiazole rings is 1. The minimum absolute atomic E-state index is 0.0229. The molecule has 0 spiro atoms. The number of carbonyl (C=O) groups excluding carboxylic acids is 1. The number of nitrogens with zero attached hydrogens (tertiary/aromatic N) is 3. The first-order valence-electron chi connectivity index (χ1n) is 6.11. The summed E-state index contributed by atoms with van der Waals surface area (Å²) in [6, 6.07) is 0. The molecule has 0 saturated carbocycles. The van der Waals surface area contributed by atoms with E-state index < -0.39 is 0 Å². The molecule has 0 aliphatic carbocycles. The Hall–Kier alpha value is -1.73.